The Bertz CT molecular complexity index is 562. The van der Waals surface area contributed by atoms with E-state index >= 15 is 0 Å². The van der Waals surface area contributed by atoms with Crippen molar-refractivity contribution in [3.8, 4) is 0 Å². The Morgan fingerprint density at radius 3 is 2.80 bits per heavy atom. The van der Waals surface area contributed by atoms with Gasteiger partial charge in [0.1, 0.15) is 15.7 Å². The molecule has 6 heteroatoms. The van der Waals surface area contributed by atoms with Crippen LogP contribution >= 0.6 is 0 Å². The standard InChI is InChI=1S/C14H21FN2O2S/c1-16-13(14-12(15)7-4-8-17-14)10-5-3-6-11(9-10)20(2,18)19/h4,7-8,10-11,13,16H,3,5-6,9H2,1-2H3. The lowest BCUT2D eigenvalue weighted by Gasteiger charge is -2.33. The summed E-state index contributed by atoms with van der Waals surface area (Å²) in [7, 11) is -1.27. The molecule has 0 amide bonds. The lowest BCUT2D eigenvalue weighted by molar-refractivity contribution is 0.273. The molecule has 1 aliphatic rings. The Kier molecular flexibility index (Phi) is 4.75. The molecule has 0 bridgehead atoms. The average Bonchev–Trinajstić information content (AvgIpc) is 2.41. The average molecular weight is 300 g/mol. The summed E-state index contributed by atoms with van der Waals surface area (Å²) in [4.78, 5) is 4.12. The van der Waals surface area contributed by atoms with Crippen molar-refractivity contribution in [1.82, 2.24) is 10.3 Å². The van der Waals surface area contributed by atoms with Crippen LogP contribution in [0.5, 0.6) is 0 Å². The minimum atomic E-state index is -3.03. The van der Waals surface area contributed by atoms with Crippen molar-refractivity contribution in [2.24, 2.45) is 5.92 Å². The third-order valence-corrected chi connectivity index (χ3v) is 5.78. The normalized spacial score (nSPS) is 25.4. The van der Waals surface area contributed by atoms with Crippen molar-refractivity contribution in [2.45, 2.75) is 37.0 Å². The summed E-state index contributed by atoms with van der Waals surface area (Å²) in [6, 6.07) is 2.72. The highest BCUT2D eigenvalue weighted by Gasteiger charge is 2.34. The first-order chi connectivity index (χ1) is 9.43. The predicted molar refractivity (Wildman–Crippen MR) is 76.6 cm³/mol. The monoisotopic (exact) mass is 300 g/mol. The quantitative estimate of drug-likeness (QED) is 0.925. The fraction of sp³-hybridized carbons (Fsp3) is 0.643. The third-order valence-electron chi connectivity index (χ3n) is 4.14. The molecule has 1 heterocycles. The Morgan fingerprint density at radius 1 is 1.45 bits per heavy atom. The van der Waals surface area contributed by atoms with Crippen LogP contribution in [0, 0.1) is 11.7 Å². The van der Waals surface area contributed by atoms with Crippen molar-refractivity contribution >= 4 is 9.84 Å². The van der Waals surface area contributed by atoms with E-state index in [1.54, 1.807) is 19.3 Å². The molecule has 0 aliphatic heterocycles. The van der Waals surface area contributed by atoms with Gasteiger partial charge in [0.05, 0.1) is 17.0 Å². The van der Waals surface area contributed by atoms with Crippen molar-refractivity contribution < 1.29 is 12.8 Å². The van der Waals surface area contributed by atoms with Gasteiger partial charge in [-0.2, -0.15) is 0 Å². The SMILES string of the molecule is CNC(c1ncccc1F)C1CCCC(S(C)(=O)=O)C1. The first-order valence-electron chi connectivity index (χ1n) is 6.90. The number of halogens is 1. The lowest BCUT2D eigenvalue weighted by atomic mass is 9.82. The van der Waals surface area contributed by atoms with Crippen LogP contribution in [-0.4, -0.2) is 32.0 Å². The second-order valence-corrected chi connectivity index (χ2v) is 7.84. The topological polar surface area (TPSA) is 59.1 Å². The number of hydrogen-bond acceptors (Lipinski definition) is 4. The van der Waals surface area contributed by atoms with Crippen molar-refractivity contribution in [2.75, 3.05) is 13.3 Å². The fourth-order valence-electron chi connectivity index (χ4n) is 3.10. The van der Waals surface area contributed by atoms with Crippen LogP contribution in [0.15, 0.2) is 18.3 Å². The summed E-state index contributed by atoms with van der Waals surface area (Å²) in [6.45, 7) is 0. The molecule has 2 rings (SSSR count). The maximum atomic E-state index is 13.9. The molecule has 1 aromatic heterocycles. The molecular formula is C14H21FN2O2S. The van der Waals surface area contributed by atoms with Crippen molar-refractivity contribution in [3.63, 3.8) is 0 Å². The second-order valence-electron chi connectivity index (χ2n) is 5.52. The molecule has 0 saturated heterocycles. The van der Waals surface area contributed by atoms with Gasteiger partial charge in [0, 0.05) is 12.5 Å². The molecule has 1 aliphatic carbocycles. The van der Waals surface area contributed by atoms with Gasteiger partial charge in [0.15, 0.2) is 0 Å². The number of nitrogens with zero attached hydrogens (tertiary/aromatic N) is 1. The van der Waals surface area contributed by atoms with E-state index in [9.17, 15) is 12.8 Å². The van der Waals surface area contributed by atoms with E-state index in [2.05, 4.69) is 10.3 Å². The first kappa shape index (κ1) is 15.4. The Labute approximate surface area is 119 Å². The number of nitrogens with one attached hydrogen (secondary N) is 1. The number of rotatable bonds is 4. The first-order valence-corrected chi connectivity index (χ1v) is 8.85. The summed E-state index contributed by atoms with van der Waals surface area (Å²) < 4.78 is 37.4. The summed E-state index contributed by atoms with van der Waals surface area (Å²) >= 11 is 0. The van der Waals surface area contributed by atoms with E-state index in [1.807, 2.05) is 0 Å². The minimum Gasteiger partial charge on any atom is -0.311 e. The second kappa shape index (κ2) is 6.18. The van der Waals surface area contributed by atoms with Gasteiger partial charge in [0.2, 0.25) is 0 Å². The minimum absolute atomic E-state index is 0.0953. The van der Waals surface area contributed by atoms with Crippen LogP contribution in [-0.2, 0) is 9.84 Å². The number of pyridine rings is 1. The highest BCUT2D eigenvalue weighted by Crippen LogP contribution is 2.36. The fourth-order valence-corrected chi connectivity index (χ4v) is 4.29. The summed E-state index contributed by atoms with van der Waals surface area (Å²) in [5, 5.41) is 2.79. The van der Waals surface area contributed by atoms with Crippen LogP contribution in [0.25, 0.3) is 0 Å². The Hall–Kier alpha value is -1.01. The molecule has 1 N–H and O–H groups in total. The van der Waals surface area contributed by atoms with E-state index in [1.165, 1.54) is 12.3 Å². The highest BCUT2D eigenvalue weighted by atomic mass is 32.2. The van der Waals surface area contributed by atoms with Crippen molar-refractivity contribution in [3.05, 3.63) is 29.8 Å². The molecule has 3 atom stereocenters. The van der Waals surface area contributed by atoms with Crippen LogP contribution in [0.1, 0.15) is 37.4 Å². The smallest absolute Gasteiger partial charge is 0.150 e. The van der Waals surface area contributed by atoms with Gasteiger partial charge < -0.3 is 5.32 Å². The zero-order valence-electron chi connectivity index (χ0n) is 11.8. The zero-order valence-corrected chi connectivity index (χ0v) is 12.7. The van der Waals surface area contributed by atoms with E-state index in [0.717, 1.165) is 12.8 Å². The number of aromatic nitrogens is 1. The summed E-state index contributed by atoms with van der Waals surface area (Å²) in [5.74, 6) is -0.244. The predicted octanol–water partition coefficient (Wildman–Crippen LogP) is 2.08. The molecule has 0 aromatic carbocycles. The van der Waals surface area contributed by atoms with Gasteiger partial charge in [-0.05, 0) is 44.4 Å². The largest absolute Gasteiger partial charge is 0.311 e. The van der Waals surface area contributed by atoms with Crippen LogP contribution in [0.2, 0.25) is 0 Å². The van der Waals surface area contributed by atoms with Crippen LogP contribution in [0.4, 0.5) is 4.39 Å². The molecule has 3 unspecified atom stereocenters. The van der Waals surface area contributed by atoms with E-state index in [4.69, 9.17) is 0 Å². The van der Waals surface area contributed by atoms with Gasteiger partial charge in [0.25, 0.3) is 0 Å². The van der Waals surface area contributed by atoms with Crippen molar-refractivity contribution in [1.29, 1.82) is 0 Å². The molecular weight excluding hydrogens is 279 g/mol. The third kappa shape index (κ3) is 3.35. The van der Waals surface area contributed by atoms with E-state index < -0.39 is 9.84 Å². The van der Waals surface area contributed by atoms with Crippen LogP contribution in [0.3, 0.4) is 0 Å². The maximum Gasteiger partial charge on any atom is 0.150 e. The van der Waals surface area contributed by atoms with Gasteiger partial charge >= 0.3 is 0 Å². The van der Waals surface area contributed by atoms with Gasteiger partial charge in [-0.1, -0.05) is 6.42 Å². The van der Waals surface area contributed by atoms with E-state index in [0.29, 0.717) is 18.5 Å². The molecule has 1 fully saturated rings. The number of hydrogen-bond donors (Lipinski definition) is 1. The Balaban J connectivity index is 2.22. The molecule has 0 radical (unpaired) electrons. The zero-order chi connectivity index (χ0) is 14.8. The Morgan fingerprint density at radius 2 is 2.20 bits per heavy atom. The molecule has 112 valence electrons. The van der Waals surface area contributed by atoms with Gasteiger partial charge in [-0.3, -0.25) is 4.98 Å². The van der Waals surface area contributed by atoms with Crippen LogP contribution < -0.4 is 5.32 Å². The lowest BCUT2D eigenvalue weighted by Crippen LogP contribution is -2.35. The summed E-state index contributed by atoms with van der Waals surface area (Å²) in [6.07, 6.45) is 5.88. The molecule has 1 aromatic rings. The molecule has 4 nitrogen and oxygen atoms in total. The van der Waals surface area contributed by atoms with Gasteiger partial charge in [-0.15, -0.1) is 0 Å². The maximum absolute atomic E-state index is 13.9. The summed E-state index contributed by atoms with van der Waals surface area (Å²) in [5.41, 5.74) is 0.383. The molecule has 1 saturated carbocycles. The number of sulfone groups is 1. The van der Waals surface area contributed by atoms with Gasteiger partial charge in [-0.25, -0.2) is 12.8 Å². The molecule has 0 spiro atoms. The highest BCUT2D eigenvalue weighted by molar-refractivity contribution is 7.91. The molecule has 20 heavy (non-hydrogen) atoms. The van der Waals surface area contributed by atoms with E-state index in [-0.39, 0.29) is 23.0 Å².